The molecule has 1 aromatic heterocycles. The third kappa shape index (κ3) is 5.80. The van der Waals surface area contributed by atoms with E-state index >= 15 is 0 Å². The van der Waals surface area contributed by atoms with E-state index in [1.165, 1.54) is 0 Å². The van der Waals surface area contributed by atoms with E-state index in [9.17, 15) is 14.4 Å². The summed E-state index contributed by atoms with van der Waals surface area (Å²) in [5, 5.41) is 9.09. The van der Waals surface area contributed by atoms with E-state index in [1.54, 1.807) is 48.9 Å². The average Bonchev–Trinajstić information content (AvgIpc) is 2.98. The maximum absolute atomic E-state index is 12.8. The number of amides is 3. The molecule has 2 rings (SSSR count). The fourth-order valence-corrected chi connectivity index (χ4v) is 3.03. The van der Waals surface area contributed by atoms with Crippen LogP contribution >= 0.6 is 11.6 Å². The first-order chi connectivity index (χ1) is 13.9. The van der Waals surface area contributed by atoms with Gasteiger partial charge in [0.15, 0.2) is 0 Å². The fourth-order valence-electron chi connectivity index (χ4n) is 2.69. The standard InChI is InChI=1S/C20H25ClN4O4/c1-4-6-12-25-17(21)15(13(3)24-25)19(27)29-16(14-10-8-7-9-11-14)18(26)23-20(28)22-5-2/h7-11,16H,4-6,12H2,1-3H3,(H2,22,23,26,28)/t16-/m0/s1. The van der Waals surface area contributed by atoms with E-state index in [2.05, 4.69) is 15.7 Å². The molecule has 0 radical (unpaired) electrons. The third-order valence-electron chi connectivity index (χ3n) is 4.13. The zero-order chi connectivity index (χ0) is 21.4. The maximum Gasteiger partial charge on any atom is 0.344 e. The minimum Gasteiger partial charge on any atom is -0.444 e. The number of imide groups is 1. The zero-order valence-electron chi connectivity index (χ0n) is 16.7. The molecule has 3 amide bonds. The summed E-state index contributed by atoms with van der Waals surface area (Å²) in [6.45, 7) is 6.33. The summed E-state index contributed by atoms with van der Waals surface area (Å²) in [6.07, 6.45) is 0.489. The number of halogens is 1. The molecule has 0 fully saturated rings. The number of nitrogens with zero attached hydrogens (tertiary/aromatic N) is 2. The molecule has 0 aliphatic carbocycles. The van der Waals surface area contributed by atoms with Crippen molar-refractivity contribution in [3.05, 3.63) is 52.3 Å². The Labute approximate surface area is 174 Å². The molecule has 0 aliphatic rings. The maximum atomic E-state index is 12.8. The highest BCUT2D eigenvalue weighted by Crippen LogP contribution is 2.25. The second-order valence-electron chi connectivity index (χ2n) is 6.37. The number of unbranched alkanes of at least 4 members (excludes halogenated alkanes) is 1. The average molecular weight is 421 g/mol. The first-order valence-corrected chi connectivity index (χ1v) is 9.84. The Morgan fingerprint density at radius 2 is 1.90 bits per heavy atom. The van der Waals surface area contributed by atoms with E-state index in [0.717, 1.165) is 12.8 Å². The minimum atomic E-state index is -1.32. The van der Waals surface area contributed by atoms with E-state index in [-0.39, 0.29) is 10.7 Å². The van der Waals surface area contributed by atoms with Crippen molar-refractivity contribution in [1.29, 1.82) is 0 Å². The van der Waals surface area contributed by atoms with Crippen LogP contribution in [-0.2, 0) is 16.1 Å². The van der Waals surface area contributed by atoms with Gasteiger partial charge in [-0.15, -0.1) is 0 Å². The van der Waals surface area contributed by atoms with E-state index < -0.39 is 24.0 Å². The zero-order valence-corrected chi connectivity index (χ0v) is 17.5. The molecule has 0 saturated carbocycles. The van der Waals surface area contributed by atoms with Crippen molar-refractivity contribution in [3.63, 3.8) is 0 Å². The lowest BCUT2D eigenvalue weighted by Crippen LogP contribution is -2.42. The van der Waals surface area contributed by atoms with Crippen LogP contribution in [0.15, 0.2) is 30.3 Å². The summed E-state index contributed by atoms with van der Waals surface area (Å²) in [4.78, 5) is 37.2. The van der Waals surface area contributed by atoms with Crippen LogP contribution in [0.5, 0.6) is 0 Å². The van der Waals surface area contributed by atoms with E-state index in [4.69, 9.17) is 16.3 Å². The van der Waals surface area contributed by atoms with Crippen molar-refractivity contribution in [2.45, 2.75) is 46.3 Å². The monoisotopic (exact) mass is 420 g/mol. The molecule has 0 aliphatic heterocycles. The predicted molar refractivity (Wildman–Crippen MR) is 109 cm³/mol. The largest absolute Gasteiger partial charge is 0.444 e. The highest BCUT2D eigenvalue weighted by Gasteiger charge is 2.30. The molecule has 1 aromatic carbocycles. The van der Waals surface area contributed by atoms with Gasteiger partial charge in [-0.25, -0.2) is 9.59 Å². The van der Waals surface area contributed by atoms with Crippen molar-refractivity contribution >= 4 is 29.5 Å². The minimum absolute atomic E-state index is 0.106. The topological polar surface area (TPSA) is 102 Å². The number of aryl methyl sites for hydroxylation is 2. The van der Waals surface area contributed by atoms with Crippen molar-refractivity contribution in [1.82, 2.24) is 20.4 Å². The second kappa shape index (κ2) is 10.6. The summed E-state index contributed by atoms with van der Waals surface area (Å²) in [5.41, 5.74) is 0.941. The van der Waals surface area contributed by atoms with Gasteiger partial charge >= 0.3 is 12.0 Å². The lowest BCUT2D eigenvalue weighted by molar-refractivity contribution is -0.129. The van der Waals surface area contributed by atoms with Crippen molar-refractivity contribution in [2.24, 2.45) is 0 Å². The van der Waals surface area contributed by atoms with Crippen LogP contribution < -0.4 is 10.6 Å². The normalized spacial score (nSPS) is 11.6. The molecular formula is C20H25ClN4O4. The number of urea groups is 1. The Morgan fingerprint density at radius 1 is 1.21 bits per heavy atom. The number of carbonyl (C=O) groups excluding carboxylic acids is 3. The smallest absolute Gasteiger partial charge is 0.344 e. The highest BCUT2D eigenvalue weighted by molar-refractivity contribution is 6.32. The van der Waals surface area contributed by atoms with Gasteiger partial charge in [-0.1, -0.05) is 55.3 Å². The van der Waals surface area contributed by atoms with Crippen LogP contribution in [-0.4, -0.2) is 34.2 Å². The number of esters is 1. The molecule has 29 heavy (non-hydrogen) atoms. The summed E-state index contributed by atoms with van der Waals surface area (Å²) < 4.78 is 7.02. The van der Waals surface area contributed by atoms with Gasteiger partial charge < -0.3 is 10.1 Å². The van der Waals surface area contributed by atoms with Crippen LogP contribution in [0.4, 0.5) is 4.79 Å². The summed E-state index contributed by atoms with van der Waals surface area (Å²) >= 11 is 6.33. The van der Waals surface area contributed by atoms with E-state index in [1.807, 2.05) is 6.92 Å². The number of hydrogen-bond donors (Lipinski definition) is 2. The van der Waals surface area contributed by atoms with Crippen molar-refractivity contribution in [2.75, 3.05) is 6.54 Å². The Hall–Kier alpha value is -2.87. The van der Waals surface area contributed by atoms with Gasteiger partial charge in [0.1, 0.15) is 10.7 Å². The molecular weight excluding hydrogens is 396 g/mol. The van der Waals surface area contributed by atoms with Crippen LogP contribution in [0.25, 0.3) is 0 Å². The molecule has 0 saturated heterocycles. The molecule has 156 valence electrons. The molecule has 2 N–H and O–H groups in total. The number of benzene rings is 1. The lowest BCUT2D eigenvalue weighted by atomic mass is 10.1. The molecule has 0 bridgehead atoms. The van der Waals surface area contributed by atoms with Crippen molar-refractivity contribution < 1.29 is 19.1 Å². The fraction of sp³-hybridized carbons (Fsp3) is 0.400. The van der Waals surface area contributed by atoms with Gasteiger partial charge in [0.2, 0.25) is 6.10 Å². The number of hydrogen-bond acceptors (Lipinski definition) is 5. The van der Waals surface area contributed by atoms with Gasteiger partial charge in [-0.05, 0) is 20.3 Å². The Kier molecular flexibility index (Phi) is 8.21. The predicted octanol–water partition coefficient (Wildman–Crippen LogP) is 3.39. The number of aromatic nitrogens is 2. The van der Waals surface area contributed by atoms with Crippen LogP contribution in [0.3, 0.4) is 0 Å². The number of nitrogens with one attached hydrogen (secondary N) is 2. The van der Waals surface area contributed by atoms with Gasteiger partial charge in [0.25, 0.3) is 5.91 Å². The molecule has 8 nitrogen and oxygen atoms in total. The van der Waals surface area contributed by atoms with Crippen LogP contribution in [0.2, 0.25) is 5.15 Å². The molecule has 9 heteroatoms. The Bertz CT molecular complexity index is 867. The van der Waals surface area contributed by atoms with Gasteiger partial charge in [0, 0.05) is 18.7 Å². The summed E-state index contributed by atoms with van der Waals surface area (Å²) in [6, 6.07) is 7.77. The third-order valence-corrected chi connectivity index (χ3v) is 4.52. The summed E-state index contributed by atoms with van der Waals surface area (Å²) in [5.74, 6) is -1.54. The molecule has 2 aromatic rings. The van der Waals surface area contributed by atoms with Crippen LogP contribution in [0, 0.1) is 6.92 Å². The van der Waals surface area contributed by atoms with Crippen LogP contribution in [0.1, 0.15) is 54.4 Å². The molecule has 1 atom stereocenters. The van der Waals surface area contributed by atoms with Gasteiger partial charge in [0.05, 0.1) is 5.69 Å². The molecule has 0 spiro atoms. The lowest BCUT2D eigenvalue weighted by Gasteiger charge is -2.17. The number of carbonyl (C=O) groups is 3. The number of ether oxygens (including phenoxy) is 1. The second-order valence-corrected chi connectivity index (χ2v) is 6.73. The first kappa shape index (κ1) is 22.4. The van der Waals surface area contributed by atoms with Crippen molar-refractivity contribution in [3.8, 4) is 0 Å². The highest BCUT2D eigenvalue weighted by atomic mass is 35.5. The Morgan fingerprint density at radius 3 is 2.52 bits per heavy atom. The molecule has 0 unspecified atom stereocenters. The Balaban J connectivity index is 2.27. The van der Waals surface area contributed by atoms with E-state index in [0.29, 0.717) is 24.3 Å². The summed E-state index contributed by atoms with van der Waals surface area (Å²) in [7, 11) is 0. The first-order valence-electron chi connectivity index (χ1n) is 9.46. The number of rotatable bonds is 8. The SMILES string of the molecule is CCCCn1nc(C)c(C(=O)O[C@H](C(=O)NC(=O)NCC)c2ccccc2)c1Cl. The molecule has 1 heterocycles. The quantitative estimate of drug-likeness (QED) is 0.637. The van der Waals surface area contributed by atoms with Gasteiger partial charge in [-0.3, -0.25) is 14.8 Å². The van der Waals surface area contributed by atoms with Gasteiger partial charge in [-0.2, -0.15) is 5.10 Å².